The van der Waals surface area contributed by atoms with Crippen molar-refractivity contribution in [2.24, 2.45) is 10.7 Å². The topological polar surface area (TPSA) is 76.9 Å². The number of hydrogen-bond acceptors (Lipinski definition) is 5. The van der Waals surface area contributed by atoms with Crippen molar-refractivity contribution in [1.29, 1.82) is 0 Å². The molecule has 0 saturated heterocycles. The van der Waals surface area contributed by atoms with Gasteiger partial charge in [0, 0.05) is 60.9 Å². The Morgan fingerprint density at radius 3 is 2.62 bits per heavy atom. The summed E-state index contributed by atoms with van der Waals surface area (Å²) >= 11 is 0. The van der Waals surface area contributed by atoms with Crippen LogP contribution in [0.1, 0.15) is 25.8 Å². The average molecular weight is 288 g/mol. The van der Waals surface area contributed by atoms with Crippen molar-refractivity contribution in [3.8, 4) is 5.75 Å². The standard InChI is InChI=1S/C16H24N4O/c1-10(2)20-6-5-14(19-3)12(9-17)11-7-13(18)16(21-4)8-15(11)20/h7-10H,5-6,17-18H2,1-4H3. The van der Waals surface area contributed by atoms with E-state index in [1.54, 1.807) is 20.4 Å². The number of hydrogen-bond donors (Lipinski definition) is 2. The number of nitrogens with two attached hydrogens (primary N) is 2. The summed E-state index contributed by atoms with van der Waals surface area (Å²) in [5, 5.41) is 0. The molecule has 0 bridgehead atoms. The van der Waals surface area contributed by atoms with Crippen LogP contribution in [0.2, 0.25) is 0 Å². The maximum Gasteiger partial charge on any atom is 0.143 e. The second kappa shape index (κ2) is 6.08. The molecule has 0 atom stereocenters. The Balaban J connectivity index is 2.72. The fourth-order valence-electron chi connectivity index (χ4n) is 2.81. The molecule has 1 heterocycles. The van der Waals surface area contributed by atoms with E-state index in [0.717, 1.165) is 35.5 Å². The lowest BCUT2D eigenvalue weighted by molar-refractivity contribution is 0.417. The maximum absolute atomic E-state index is 6.08. The molecule has 2 rings (SSSR count). The van der Waals surface area contributed by atoms with Crippen LogP contribution in [0.5, 0.6) is 5.75 Å². The Kier molecular flexibility index (Phi) is 4.40. The Labute approximate surface area is 126 Å². The Morgan fingerprint density at radius 1 is 1.38 bits per heavy atom. The molecule has 0 aromatic heterocycles. The first-order chi connectivity index (χ1) is 10.0. The number of benzene rings is 1. The summed E-state index contributed by atoms with van der Waals surface area (Å²) in [6.07, 6.45) is 2.48. The number of methoxy groups -OCH3 is 1. The van der Waals surface area contributed by atoms with Crippen LogP contribution < -0.4 is 21.1 Å². The van der Waals surface area contributed by atoms with E-state index >= 15 is 0 Å². The van der Waals surface area contributed by atoms with Gasteiger partial charge < -0.3 is 21.1 Å². The van der Waals surface area contributed by atoms with Gasteiger partial charge in [0.25, 0.3) is 0 Å². The van der Waals surface area contributed by atoms with Crippen LogP contribution in [-0.4, -0.2) is 32.5 Å². The highest BCUT2D eigenvalue weighted by atomic mass is 16.5. The molecule has 0 aliphatic carbocycles. The number of ether oxygens (including phenoxy) is 1. The van der Waals surface area contributed by atoms with Crippen molar-refractivity contribution in [1.82, 2.24) is 0 Å². The molecule has 4 N–H and O–H groups in total. The lowest BCUT2D eigenvalue weighted by Gasteiger charge is -2.29. The minimum absolute atomic E-state index is 0.368. The van der Waals surface area contributed by atoms with Gasteiger partial charge in [-0.1, -0.05) is 0 Å². The molecule has 0 unspecified atom stereocenters. The van der Waals surface area contributed by atoms with Crippen molar-refractivity contribution in [2.45, 2.75) is 26.3 Å². The van der Waals surface area contributed by atoms with E-state index in [4.69, 9.17) is 16.2 Å². The lowest BCUT2D eigenvalue weighted by Crippen LogP contribution is -2.31. The number of allylic oxidation sites excluding steroid dienone is 1. The molecule has 1 aliphatic heterocycles. The van der Waals surface area contributed by atoms with Crippen molar-refractivity contribution in [3.05, 3.63) is 23.9 Å². The number of aliphatic imine (C=N–C) groups is 1. The van der Waals surface area contributed by atoms with Crippen LogP contribution in [0.4, 0.5) is 11.4 Å². The first-order valence-electron chi connectivity index (χ1n) is 7.15. The van der Waals surface area contributed by atoms with Crippen LogP contribution >= 0.6 is 0 Å². The molecule has 1 aromatic rings. The summed E-state index contributed by atoms with van der Waals surface area (Å²) in [5.41, 5.74) is 16.6. The van der Waals surface area contributed by atoms with E-state index in [1.807, 2.05) is 12.1 Å². The number of nitrogens with zero attached hydrogens (tertiary/aromatic N) is 2. The summed E-state index contributed by atoms with van der Waals surface area (Å²) in [5.74, 6) is 0.688. The second-order valence-electron chi connectivity index (χ2n) is 5.40. The summed E-state index contributed by atoms with van der Waals surface area (Å²) < 4.78 is 5.37. The Hall–Kier alpha value is -2.17. The second-order valence-corrected chi connectivity index (χ2v) is 5.40. The maximum atomic E-state index is 6.08. The SMILES string of the molecule is CN=C1CCN(C(C)C)c2cc(OC)c(N)cc2C1=CN. The highest BCUT2D eigenvalue weighted by molar-refractivity contribution is 6.26. The monoisotopic (exact) mass is 288 g/mol. The van der Waals surface area contributed by atoms with Crippen molar-refractivity contribution < 1.29 is 4.74 Å². The van der Waals surface area contributed by atoms with Gasteiger partial charge in [-0.15, -0.1) is 0 Å². The molecule has 0 spiro atoms. The van der Waals surface area contributed by atoms with Crippen molar-refractivity contribution in [2.75, 3.05) is 31.3 Å². The van der Waals surface area contributed by atoms with Gasteiger partial charge in [0.1, 0.15) is 5.75 Å². The molecule has 1 aliphatic rings. The molecular weight excluding hydrogens is 264 g/mol. The molecule has 21 heavy (non-hydrogen) atoms. The molecule has 0 saturated carbocycles. The van der Waals surface area contributed by atoms with Gasteiger partial charge in [-0.05, 0) is 19.9 Å². The highest BCUT2D eigenvalue weighted by Gasteiger charge is 2.25. The fourth-order valence-corrected chi connectivity index (χ4v) is 2.81. The van der Waals surface area contributed by atoms with Gasteiger partial charge in [-0.3, -0.25) is 4.99 Å². The van der Waals surface area contributed by atoms with Crippen molar-refractivity contribution in [3.63, 3.8) is 0 Å². The predicted molar refractivity (Wildman–Crippen MR) is 90.0 cm³/mol. The molecule has 0 radical (unpaired) electrons. The normalized spacial score (nSPS) is 19.0. The first kappa shape index (κ1) is 15.2. The Morgan fingerprint density at radius 2 is 2.10 bits per heavy atom. The van der Waals surface area contributed by atoms with Crippen LogP contribution in [0, 0.1) is 0 Å². The van der Waals surface area contributed by atoms with E-state index < -0.39 is 0 Å². The van der Waals surface area contributed by atoms with E-state index in [1.165, 1.54) is 0 Å². The largest absolute Gasteiger partial charge is 0.495 e. The zero-order chi connectivity index (χ0) is 15.6. The molecule has 0 amide bonds. The summed E-state index contributed by atoms with van der Waals surface area (Å²) in [4.78, 5) is 6.73. The molecule has 114 valence electrons. The number of nitrogen functional groups attached to an aromatic ring is 1. The van der Waals surface area contributed by atoms with Gasteiger partial charge in [0.15, 0.2) is 0 Å². The zero-order valence-electron chi connectivity index (χ0n) is 13.2. The highest BCUT2D eigenvalue weighted by Crippen LogP contribution is 2.39. The van der Waals surface area contributed by atoms with E-state index in [2.05, 4.69) is 23.7 Å². The van der Waals surface area contributed by atoms with Gasteiger partial charge in [-0.2, -0.15) is 0 Å². The van der Waals surface area contributed by atoms with Crippen LogP contribution in [0.15, 0.2) is 23.3 Å². The van der Waals surface area contributed by atoms with Gasteiger partial charge >= 0.3 is 0 Å². The smallest absolute Gasteiger partial charge is 0.143 e. The first-order valence-corrected chi connectivity index (χ1v) is 7.15. The summed E-state index contributed by atoms with van der Waals surface area (Å²) in [6, 6.07) is 4.29. The minimum Gasteiger partial charge on any atom is -0.495 e. The predicted octanol–water partition coefficient (Wildman–Crippen LogP) is 2.27. The third kappa shape index (κ3) is 2.68. The Bertz CT molecular complexity index is 590. The van der Waals surface area contributed by atoms with Gasteiger partial charge in [0.05, 0.1) is 12.8 Å². The molecular formula is C16H24N4O. The van der Waals surface area contributed by atoms with E-state index in [-0.39, 0.29) is 0 Å². The van der Waals surface area contributed by atoms with Gasteiger partial charge in [-0.25, -0.2) is 0 Å². The average Bonchev–Trinajstić information content (AvgIpc) is 2.61. The number of rotatable bonds is 2. The quantitative estimate of drug-likeness (QED) is 0.818. The lowest BCUT2D eigenvalue weighted by atomic mass is 9.98. The van der Waals surface area contributed by atoms with E-state index in [9.17, 15) is 0 Å². The summed E-state index contributed by atoms with van der Waals surface area (Å²) in [6.45, 7) is 5.24. The molecule has 0 fully saturated rings. The third-order valence-electron chi connectivity index (χ3n) is 3.91. The molecule has 5 heteroatoms. The van der Waals surface area contributed by atoms with Crippen LogP contribution in [-0.2, 0) is 0 Å². The molecule has 5 nitrogen and oxygen atoms in total. The number of fused-ring (bicyclic) bond motifs is 1. The zero-order valence-corrected chi connectivity index (χ0v) is 13.2. The minimum atomic E-state index is 0.368. The fraction of sp³-hybridized carbons (Fsp3) is 0.438. The van der Waals surface area contributed by atoms with Crippen LogP contribution in [0.3, 0.4) is 0 Å². The van der Waals surface area contributed by atoms with Gasteiger partial charge in [0.2, 0.25) is 0 Å². The molecule has 1 aromatic carbocycles. The number of anilines is 2. The van der Waals surface area contributed by atoms with Crippen LogP contribution in [0.25, 0.3) is 5.57 Å². The third-order valence-corrected chi connectivity index (χ3v) is 3.91. The summed E-state index contributed by atoms with van der Waals surface area (Å²) in [7, 11) is 3.43. The van der Waals surface area contributed by atoms with Crippen molar-refractivity contribution >= 4 is 22.7 Å². The van der Waals surface area contributed by atoms with E-state index in [0.29, 0.717) is 17.5 Å².